The summed E-state index contributed by atoms with van der Waals surface area (Å²) in [6, 6.07) is 21.7. The molecule has 7 heteroatoms. The molecule has 4 aromatic rings. The highest BCUT2D eigenvalue weighted by Gasteiger charge is 2.46. The quantitative estimate of drug-likeness (QED) is 0.377. The van der Waals surface area contributed by atoms with E-state index in [-0.39, 0.29) is 5.22 Å². The average Bonchev–Trinajstić information content (AvgIpc) is 3.20. The number of benzene rings is 3. The largest absolute Gasteiger partial charge is 0.481 e. The second-order valence-corrected chi connectivity index (χ2v) is 8.29. The number of carbonyl (C=O) groups is 2. The summed E-state index contributed by atoms with van der Waals surface area (Å²) in [4.78, 5) is 29.8. The van der Waals surface area contributed by atoms with Gasteiger partial charge < -0.3 is 13.7 Å². The minimum absolute atomic E-state index is 0.164. The molecule has 0 aliphatic carbocycles. The molecule has 0 bridgehead atoms. The fourth-order valence-electron chi connectivity index (χ4n) is 3.61. The van der Waals surface area contributed by atoms with Gasteiger partial charge in [0.15, 0.2) is 17.6 Å². The van der Waals surface area contributed by atoms with E-state index in [0.29, 0.717) is 34.3 Å². The highest BCUT2D eigenvalue weighted by Crippen LogP contribution is 2.39. The molecule has 3 aromatic carbocycles. The number of rotatable bonds is 7. The lowest BCUT2D eigenvalue weighted by atomic mass is 9.71. The number of carboxylic acid groups (broad SMARTS) is 1. The first-order valence-electron chi connectivity index (χ1n) is 9.99. The van der Waals surface area contributed by atoms with Crippen LogP contribution in [0.25, 0.3) is 11.1 Å². The van der Waals surface area contributed by atoms with Gasteiger partial charge in [0, 0.05) is 0 Å². The highest BCUT2D eigenvalue weighted by atomic mass is 32.2. The van der Waals surface area contributed by atoms with Gasteiger partial charge in [0.2, 0.25) is 0 Å². The third-order valence-corrected chi connectivity index (χ3v) is 5.87. The molecule has 4 rings (SSSR count). The predicted molar refractivity (Wildman–Crippen MR) is 121 cm³/mol. The number of aromatic nitrogens is 1. The first-order chi connectivity index (χ1) is 15.4. The zero-order chi connectivity index (χ0) is 22.7. The third kappa shape index (κ3) is 4.24. The Morgan fingerprint density at radius 3 is 2.03 bits per heavy atom. The fourth-order valence-corrected chi connectivity index (χ4v) is 4.16. The number of hydrogen-bond acceptors (Lipinski definition) is 6. The van der Waals surface area contributed by atoms with Crippen LogP contribution in [0.15, 0.2) is 82.4 Å². The Kier molecular flexibility index (Phi) is 6.01. The van der Waals surface area contributed by atoms with Crippen molar-refractivity contribution in [3.8, 4) is 0 Å². The summed E-state index contributed by atoms with van der Waals surface area (Å²) in [5.74, 6) is -1.82. The van der Waals surface area contributed by atoms with Crippen LogP contribution in [-0.4, -0.2) is 22.0 Å². The molecule has 0 saturated carbocycles. The van der Waals surface area contributed by atoms with E-state index in [9.17, 15) is 14.7 Å². The lowest BCUT2D eigenvalue weighted by molar-refractivity contribution is -0.146. The van der Waals surface area contributed by atoms with E-state index in [1.165, 1.54) is 0 Å². The Balaban J connectivity index is 1.75. The van der Waals surface area contributed by atoms with Gasteiger partial charge in [-0.3, -0.25) is 4.79 Å². The summed E-state index contributed by atoms with van der Waals surface area (Å²) in [6.45, 7) is 3.85. The Labute approximate surface area is 189 Å². The number of oxazole rings is 1. The van der Waals surface area contributed by atoms with E-state index in [0.717, 1.165) is 11.1 Å². The molecular formula is C25H21NO5S. The van der Waals surface area contributed by atoms with E-state index >= 15 is 0 Å². The lowest BCUT2D eigenvalue weighted by Crippen LogP contribution is -2.40. The molecule has 0 aliphatic rings. The van der Waals surface area contributed by atoms with Crippen LogP contribution in [0.4, 0.5) is 0 Å². The Hall–Kier alpha value is -3.58. The SMILES string of the molecule is Cc1ccc(C(CC(=O)O)(C(=O)OSc2nc3ccccc3o2)c2ccc(C)cc2)cc1. The Morgan fingerprint density at radius 2 is 1.50 bits per heavy atom. The minimum atomic E-state index is -1.54. The molecule has 0 amide bonds. The van der Waals surface area contributed by atoms with Crippen molar-refractivity contribution in [2.45, 2.75) is 30.9 Å². The molecule has 0 spiro atoms. The zero-order valence-electron chi connectivity index (χ0n) is 17.6. The smallest absolute Gasteiger partial charge is 0.334 e. The van der Waals surface area contributed by atoms with Crippen LogP contribution in [-0.2, 0) is 19.2 Å². The molecule has 0 atom stereocenters. The van der Waals surface area contributed by atoms with E-state index in [1.54, 1.807) is 36.4 Å². The topological polar surface area (TPSA) is 89.6 Å². The second kappa shape index (κ2) is 8.88. The van der Waals surface area contributed by atoms with Gasteiger partial charge in [0.25, 0.3) is 5.22 Å². The molecule has 0 unspecified atom stereocenters. The summed E-state index contributed by atoms with van der Waals surface area (Å²) >= 11 is 0.684. The summed E-state index contributed by atoms with van der Waals surface area (Å²) < 4.78 is 11.2. The number of hydrogen-bond donors (Lipinski definition) is 1. The van der Waals surface area contributed by atoms with Crippen molar-refractivity contribution in [1.82, 2.24) is 4.98 Å². The molecule has 162 valence electrons. The van der Waals surface area contributed by atoms with E-state index < -0.39 is 23.8 Å². The van der Waals surface area contributed by atoms with Gasteiger partial charge in [-0.25, -0.2) is 9.78 Å². The number of carbonyl (C=O) groups excluding carboxylic acids is 1. The summed E-state index contributed by atoms with van der Waals surface area (Å²) in [7, 11) is 0. The van der Waals surface area contributed by atoms with Crippen LogP contribution in [0, 0.1) is 13.8 Å². The molecule has 0 fully saturated rings. The molecule has 1 aromatic heterocycles. The maximum Gasteiger partial charge on any atom is 0.334 e. The number of para-hydroxylation sites is 2. The van der Waals surface area contributed by atoms with Crippen LogP contribution in [0.1, 0.15) is 28.7 Å². The Morgan fingerprint density at radius 1 is 0.938 bits per heavy atom. The van der Waals surface area contributed by atoms with Crippen molar-refractivity contribution in [3.05, 3.63) is 95.1 Å². The van der Waals surface area contributed by atoms with Crippen molar-refractivity contribution in [2.75, 3.05) is 0 Å². The molecule has 6 nitrogen and oxygen atoms in total. The van der Waals surface area contributed by atoms with Crippen molar-refractivity contribution in [1.29, 1.82) is 0 Å². The minimum Gasteiger partial charge on any atom is -0.481 e. The standard InChI is InChI=1S/C25H21NO5S/c1-16-7-11-18(12-8-16)25(15-22(27)28,19-13-9-17(2)10-14-19)23(29)31-32-24-26-20-5-3-4-6-21(20)30-24/h3-14H,15H2,1-2H3,(H,27,28). The van der Waals surface area contributed by atoms with Crippen molar-refractivity contribution in [3.63, 3.8) is 0 Å². The first kappa shape index (κ1) is 21.6. The molecule has 1 N–H and O–H groups in total. The van der Waals surface area contributed by atoms with Gasteiger partial charge in [-0.05, 0) is 37.1 Å². The summed E-state index contributed by atoms with van der Waals surface area (Å²) in [5.41, 5.74) is 2.74. The third-order valence-electron chi connectivity index (χ3n) is 5.32. The molecular weight excluding hydrogens is 426 g/mol. The zero-order valence-corrected chi connectivity index (χ0v) is 18.4. The van der Waals surface area contributed by atoms with Gasteiger partial charge in [-0.15, -0.1) is 0 Å². The molecule has 1 heterocycles. The normalized spacial score (nSPS) is 11.4. The van der Waals surface area contributed by atoms with Crippen molar-refractivity contribution in [2.24, 2.45) is 0 Å². The second-order valence-electron chi connectivity index (χ2n) is 7.61. The number of aliphatic carboxylic acids is 1. The molecule has 0 radical (unpaired) electrons. The van der Waals surface area contributed by atoms with Gasteiger partial charge in [-0.1, -0.05) is 71.8 Å². The number of nitrogens with zero attached hydrogens (tertiary/aromatic N) is 1. The van der Waals surface area contributed by atoms with Crippen LogP contribution < -0.4 is 0 Å². The van der Waals surface area contributed by atoms with E-state index in [1.807, 2.05) is 50.2 Å². The lowest BCUT2D eigenvalue weighted by Gasteiger charge is -2.31. The maximum absolute atomic E-state index is 13.6. The Bertz CT molecular complexity index is 1180. The number of carboxylic acids is 1. The monoisotopic (exact) mass is 447 g/mol. The van der Waals surface area contributed by atoms with Crippen LogP contribution in [0.3, 0.4) is 0 Å². The van der Waals surface area contributed by atoms with E-state index in [4.69, 9.17) is 8.60 Å². The van der Waals surface area contributed by atoms with Crippen LogP contribution in [0.5, 0.6) is 0 Å². The maximum atomic E-state index is 13.6. The van der Waals surface area contributed by atoms with Crippen molar-refractivity contribution < 1.29 is 23.3 Å². The van der Waals surface area contributed by atoms with E-state index in [2.05, 4.69) is 4.98 Å². The van der Waals surface area contributed by atoms with Crippen molar-refractivity contribution >= 4 is 35.1 Å². The summed E-state index contributed by atoms with van der Waals surface area (Å²) in [6.07, 6.45) is -0.466. The molecule has 0 aliphatic heterocycles. The van der Waals surface area contributed by atoms with Gasteiger partial charge >= 0.3 is 11.9 Å². The van der Waals surface area contributed by atoms with Gasteiger partial charge in [0.1, 0.15) is 10.9 Å². The average molecular weight is 448 g/mol. The fraction of sp³-hybridized carbons (Fsp3) is 0.160. The van der Waals surface area contributed by atoms with Gasteiger partial charge in [0.05, 0.1) is 6.42 Å². The number of fused-ring (bicyclic) bond motifs is 1. The first-order valence-corrected chi connectivity index (χ1v) is 10.7. The summed E-state index contributed by atoms with van der Waals surface area (Å²) in [5, 5.41) is 9.93. The molecule has 32 heavy (non-hydrogen) atoms. The van der Waals surface area contributed by atoms with Crippen LogP contribution in [0.2, 0.25) is 0 Å². The predicted octanol–water partition coefficient (Wildman–Crippen LogP) is 5.46. The highest BCUT2D eigenvalue weighted by molar-refractivity contribution is 7.94. The van der Waals surface area contributed by atoms with Crippen LogP contribution >= 0.6 is 12.0 Å². The number of aryl methyl sites for hydroxylation is 2. The van der Waals surface area contributed by atoms with Gasteiger partial charge in [-0.2, -0.15) is 0 Å². The molecule has 0 saturated heterocycles.